The normalized spacial score (nSPS) is 10.5. The summed E-state index contributed by atoms with van der Waals surface area (Å²) in [4.78, 5) is 0. The van der Waals surface area contributed by atoms with E-state index in [0.29, 0.717) is 0 Å². The standard InChI is InChI=1S/C12H19NS/c1-4-5-6-7-13-10(2)8-12(14)9-11(13)3/h8-9H,4-7H2,1-3H3. The molecule has 1 nitrogen and oxygen atoms in total. The maximum absolute atomic E-state index is 5.17. The van der Waals surface area contributed by atoms with Gasteiger partial charge in [-0.2, -0.15) is 0 Å². The number of nitrogens with zero attached hydrogens (tertiary/aromatic N) is 1. The molecule has 0 aliphatic carbocycles. The predicted octanol–water partition coefficient (Wildman–Crippen LogP) is 4.02. The molecule has 0 aliphatic heterocycles. The van der Waals surface area contributed by atoms with Gasteiger partial charge in [-0.3, -0.25) is 0 Å². The average molecular weight is 209 g/mol. The Morgan fingerprint density at radius 2 is 1.71 bits per heavy atom. The van der Waals surface area contributed by atoms with Gasteiger partial charge in [0.1, 0.15) is 0 Å². The third kappa shape index (κ3) is 2.95. The van der Waals surface area contributed by atoms with Crippen molar-refractivity contribution in [2.24, 2.45) is 0 Å². The summed E-state index contributed by atoms with van der Waals surface area (Å²) in [5.41, 5.74) is 2.57. The van der Waals surface area contributed by atoms with E-state index in [1.165, 1.54) is 30.7 Å². The summed E-state index contributed by atoms with van der Waals surface area (Å²) in [6.45, 7) is 7.63. The van der Waals surface area contributed by atoms with Crippen LogP contribution in [0.2, 0.25) is 0 Å². The molecule has 0 amide bonds. The minimum absolute atomic E-state index is 0.951. The second-order valence-corrected chi connectivity index (χ2v) is 4.30. The molecule has 1 aromatic rings. The molecule has 0 fully saturated rings. The lowest BCUT2D eigenvalue weighted by atomic mass is 10.2. The van der Waals surface area contributed by atoms with Gasteiger partial charge in [0.15, 0.2) is 0 Å². The molecule has 0 spiro atoms. The molecule has 0 unspecified atom stereocenters. The van der Waals surface area contributed by atoms with Gasteiger partial charge in [-0.1, -0.05) is 32.0 Å². The molecule has 0 radical (unpaired) electrons. The molecule has 0 saturated carbocycles. The molecule has 1 aromatic heterocycles. The van der Waals surface area contributed by atoms with Crippen LogP contribution in [0.3, 0.4) is 0 Å². The molecule has 0 aromatic carbocycles. The first-order chi connectivity index (χ1) is 6.65. The van der Waals surface area contributed by atoms with Crippen molar-refractivity contribution in [3.05, 3.63) is 28.0 Å². The van der Waals surface area contributed by atoms with Gasteiger partial charge in [0.2, 0.25) is 0 Å². The maximum atomic E-state index is 5.17. The van der Waals surface area contributed by atoms with Crippen molar-refractivity contribution in [1.82, 2.24) is 4.57 Å². The van der Waals surface area contributed by atoms with Crippen molar-refractivity contribution in [3.8, 4) is 0 Å². The number of unbranched alkanes of at least 4 members (excludes halogenated alkanes) is 2. The van der Waals surface area contributed by atoms with E-state index in [4.69, 9.17) is 12.2 Å². The quantitative estimate of drug-likeness (QED) is 0.535. The molecule has 1 rings (SSSR count). The molecule has 0 N–H and O–H groups in total. The van der Waals surface area contributed by atoms with Crippen molar-refractivity contribution in [2.75, 3.05) is 0 Å². The summed E-state index contributed by atoms with van der Waals surface area (Å²) >= 11 is 5.17. The van der Waals surface area contributed by atoms with E-state index in [9.17, 15) is 0 Å². The fourth-order valence-electron chi connectivity index (χ4n) is 1.76. The Hall–Kier alpha value is -0.630. The zero-order chi connectivity index (χ0) is 10.6. The van der Waals surface area contributed by atoms with Crippen molar-refractivity contribution < 1.29 is 0 Å². The van der Waals surface area contributed by atoms with Crippen LogP contribution >= 0.6 is 12.2 Å². The third-order valence-corrected chi connectivity index (χ3v) is 2.77. The monoisotopic (exact) mass is 209 g/mol. The summed E-state index contributed by atoms with van der Waals surface area (Å²) in [5.74, 6) is 0. The first-order valence-corrected chi connectivity index (χ1v) is 5.74. The average Bonchev–Trinajstić information content (AvgIpc) is 2.09. The minimum atomic E-state index is 0.951. The van der Waals surface area contributed by atoms with Crippen molar-refractivity contribution >= 4 is 12.2 Å². The highest BCUT2D eigenvalue weighted by Gasteiger charge is 1.98. The smallest absolute Gasteiger partial charge is 0.0411 e. The summed E-state index contributed by atoms with van der Waals surface area (Å²) in [6, 6.07) is 4.16. The molecule has 0 aliphatic rings. The molecule has 2 heteroatoms. The molecule has 0 atom stereocenters. The van der Waals surface area contributed by atoms with Gasteiger partial charge in [-0.25, -0.2) is 0 Å². The van der Waals surface area contributed by atoms with E-state index in [-0.39, 0.29) is 0 Å². The Balaban J connectivity index is 2.80. The van der Waals surface area contributed by atoms with Crippen LogP contribution in [-0.4, -0.2) is 4.57 Å². The van der Waals surface area contributed by atoms with Crippen LogP contribution in [0.1, 0.15) is 37.6 Å². The second-order valence-electron chi connectivity index (χ2n) is 3.83. The zero-order valence-corrected chi connectivity index (χ0v) is 10.2. The Morgan fingerprint density at radius 1 is 1.14 bits per heavy atom. The lowest BCUT2D eigenvalue weighted by molar-refractivity contribution is 0.577. The maximum Gasteiger partial charge on any atom is 0.0411 e. The number of pyridine rings is 1. The summed E-state index contributed by atoms with van der Waals surface area (Å²) in [6.07, 6.45) is 3.85. The minimum Gasteiger partial charge on any atom is -0.349 e. The summed E-state index contributed by atoms with van der Waals surface area (Å²) in [7, 11) is 0. The molecule has 0 bridgehead atoms. The van der Waals surface area contributed by atoms with Crippen molar-refractivity contribution in [2.45, 2.75) is 46.6 Å². The predicted molar refractivity (Wildman–Crippen MR) is 64.3 cm³/mol. The van der Waals surface area contributed by atoms with Crippen LogP contribution in [0, 0.1) is 18.4 Å². The Kier molecular flexibility index (Phi) is 4.33. The molecule has 78 valence electrons. The van der Waals surface area contributed by atoms with Gasteiger partial charge >= 0.3 is 0 Å². The molecule has 14 heavy (non-hydrogen) atoms. The van der Waals surface area contributed by atoms with Gasteiger partial charge in [0.05, 0.1) is 0 Å². The van der Waals surface area contributed by atoms with Crippen molar-refractivity contribution in [1.29, 1.82) is 0 Å². The number of hydrogen-bond acceptors (Lipinski definition) is 1. The number of aryl methyl sites for hydroxylation is 2. The van der Waals surface area contributed by atoms with E-state index in [1.54, 1.807) is 0 Å². The summed E-state index contributed by atoms with van der Waals surface area (Å²) < 4.78 is 3.30. The lowest BCUT2D eigenvalue weighted by Gasteiger charge is -2.14. The Labute approximate surface area is 91.8 Å². The van der Waals surface area contributed by atoms with Gasteiger partial charge in [-0.05, 0) is 32.4 Å². The topological polar surface area (TPSA) is 4.93 Å². The van der Waals surface area contributed by atoms with Gasteiger partial charge < -0.3 is 4.57 Å². The first-order valence-electron chi connectivity index (χ1n) is 5.33. The van der Waals surface area contributed by atoms with E-state index in [0.717, 1.165) is 11.1 Å². The zero-order valence-electron chi connectivity index (χ0n) is 9.34. The highest BCUT2D eigenvalue weighted by molar-refractivity contribution is 7.71. The van der Waals surface area contributed by atoms with Crippen molar-refractivity contribution in [3.63, 3.8) is 0 Å². The Morgan fingerprint density at radius 3 is 2.21 bits per heavy atom. The third-order valence-electron chi connectivity index (χ3n) is 2.54. The Bertz CT molecular complexity index is 326. The van der Waals surface area contributed by atoms with Gasteiger partial charge in [0, 0.05) is 22.4 Å². The van der Waals surface area contributed by atoms with Crippen LogP contribution in [0.15, 0.2) is 12.1 Å². The van der Waals surface area contributed by atoms with Crippen LogP contribution in [0.25, 0.3) is 0 Å². The number of rotatable bonds is 4. The summed E-state index contributed by atoms with van der Waals surface area (Å²) in [5, 5.41) is 0. The molecular weight excluding hydrogens is 190 g/mol. The first kappa shape index (κ1) is 11.4. The molecular formula is C12H19NS. The van der Waals surface area contributed by atoms with E-state index >= 15 is 0 Å². The van der Waals surface area contributed by atoms with Crippen LogP contribution in [0.5, 0.6) is 0 Å². The van der Waals surface area contributed by atoms with E-state index < -0.39 is 0 Å². The lowest BCUT2D eigenvalue weighted by Crippen LogP contribution is -2.06. The fourth-order valence-corrected chi connectivity index (χ4v) is 2.10. The van der Waals surface area contributed by atoms with E-state index in [2.05, 4.69) is 37.5 Å². The van der Waals surface area contributed by atoms with Crippen LogP contribution < -0.4 is 0 Å². The van der Waals surface area contributed by atoms with E-state index in [1.807, 2.05) is 0 Å². The van der Waals surface area contributed by atoms with Crippen LogP contribution in [-0.2, 0) is 6.54 Å². The SMILES string of the molecule is CCCCCn1c(C)cc(=S)cc1C. The molecule has 0 saturated heterocycles. The largest absolute Gasteiger partial charge is 0.349 e. The number of hydrogen-bond donors (Lipinski definition) is 0. The second kappa shape index (κ2) is 5.30. The highest BCUT2D eigenvalue weighted by atomic mass is 32.1. The van der Waals surface area contributed by atoms with Gasteiger partial charge in [-0.15, -0.1) is 0 Å². The molecule has 1 heterocycles. The highest BCUT2D eigenvalue weighted by Crippen LogP contribution is 2.09. The number of aromatic nitrogens is 1. The fraction of sp³-hybridized carbons (Fsp3) is 0.583. The van der Waals surface area contributed by atoms with Gasteiger partial charge in [0.25, 0.3) is 0 Å². The van der Waals surface area contributed by atoms with Crippen LogP contribution in [0.4, 0.5) is 0 Å².